The van der Waals surface area contributed by atoms with E-state index in [0.717, 1.165) is 12.8 Å². The van der Waals surface area contributed by atoms with E-state index in [2.05, 4.69) is 5.32 Å². The SMILES string of the molecule is COCC1CNc2c(c(-c3cc(S(C)(=O)=O)ccc3OCC3CC3)cn(C)c2=O)O1. The van der Waals surface area contributed by atoms with Crippen LogP contribution >= 0.6 is 0 Å². The highest BCUT2D eigenvalue weighted by atomic mass is 32.2. The average molecular weight is 435 g/mol. The lowest BCUT2D eigenvalue weighted by molar-refractivity contribution is 0.0849. The number of fused-ring (bicyclic) bond motifs is 1. The molecule has 4 rings (SSSR count). The van der Waals surface area contributed by atoms with Gasteiger partial charge in [-0.3, -0.25) is 4.79 Å². The molecule has 0 bridgehead atoms. The number of ether oxygens (including phenoxy) is 3. The summed E-state index contributed by atoms with van der Waals surface area (Å²) in [5.74, 6) is 1.48. The minimum Gasteiger partial charge on any atom is -0.493 e. The van der Waals surface area contributed by atoms with Crippen LogP contribution in [0.5, 0.6) is 11.5 Å². The number of aromatic nitrogens is 1. The lowest BCUT2D eigenvalue weighted by Crippen LogP contribution is -2.38. The largest absolute Gasteiger partial charge is 0.493 e. The topological polar surface area (TPSA) is 95.9 Å². The van der Waals surface area contributed by atoms with Crippen LogP contribution in [0.1, 0.15) is 12.8 Å². The van der Waals surface area contributed by atoms with Gasteiger partial charge in [-0.25, -0.2) is 8.42 Å². The number of sulfone groups is 1. The van der Waals surface area contributed by atoms with Crippen molar-refractivity contribution in [2.75, 3.05) is 38.4 Å². The van der Waals surface area contributed by atoms with Crippen LogP contribution < -0.4 is 20.3 Å². The average Bonchev–Trinajstić information content (AvgIpc) is 3.53. The van der Waals surface area contributed by atoms with E-state index in [1.807, 2.05) is 0 Å². The molecule has 0 saturated heterocycles. The molecule has 162 valence electrons. The number of aryl methyl sites for hydroxylation is 1. The Balaban J connectivity index is 1.87. The van der Waals surface area contributed by atoms with Crippen molar-refractivity contribution in [2.24, 2.45) is 13.0 Å². The number of anilines is 1. The quantitative estimate of drug-likeness (QED) is 0.713. The first kappa shape index (κ1) is 20.7. The molecule has 1 aromatic carbocycles. The Bertz CT molecular complexity index is 1120. The maximum atomic E-state index is 12.7. The second-order valence-corrected chi connectivity index (χ2v) is 9.94. The van der Waals surface area contributed by atoms with Gasteiger partial charge < -0.3 is 24.1 Å². The number of pyridine rings is 1. The molecule has 1 aromatic heterocycles. The summed E-state index contributed by atoms with van der Waals surface area (Å²) in [5, 5.41) is 3.14. The molecule has 1 saturated carbocycles. The van der Waals surface area contributed by atoms with Crippen LogP contribution in [0, 0.1) is 5.92 Å². The molecule has 0 amide bonds. The highest BCUT2D eigenvalue weighted by Gasteiger charge is 2.28. The van der Waals surface area contributed by atoms with E-state index in [4.69, 9.17) is 14.2 Å². The zero-order valence-corrected chi connectivity index (χ0v) is 18.1. The van der Waals surface area contributed by atoms with E-state index < -0.39 is 9.84 Å². The van der Waals surface area contributed by atoms with E-state index in [9.17, 15) is 13.2 Å². The highest BCUT2D eigenvalue weighted by molar-refractivity contribution is 7.90. The fourth-order valence-corrected chi connectivity index (χ4v) is 4.11. The second-order valence-electron chi connectivity index (χ2n) is 7.92. The van der Waals surface area contributed by atoms with Crippen molar-refractivity contribution in [3.63, 3.8) is 0 Å². The normalized spacial score (nSPS) is 18.3. The van der Waals surface area contributed by atoms with Gasteiger partial charge in [0, 0.05) is 37.7 Å². The lowest BCUT2D eigenvalue weighted by atomic mass is 10.0. The Hall–Kier alpha value is -2.52. The van der Waals surface area contributed by atoms with Gasteiger partial charge in [-0.1, -0.05) is 0 Å². The molecule has 1 unspecified atom stereocenters. The Morgan fingerprint density at radius 1 is 1.23 bits per heavy atom. The Morgan fingerprint density at radius 2 is 2.00 bits per heavy atom. The number of hydrogen-bond acceptors (Lipinski definition) is 7. The van der Waals surface area contributed by atoms with Crippen LogP contribution in [-0.4, -0.2) is 52.2 Å². The van der Waals surface area contributed by atoms with Gasteiger partial charge in [-0.15, -0.1) is 0 Å². The van der Waals surface area contributed by atoms with E-state index in [1.54, 1.807) is 38.6 Å². The smallest absolute Gasteiger partial charge is 0.277 e. The zero-order chi connectivity index (χ0) is 21.5. The fourth-order valence-electron chi connectivity index (χ4n) is 3.46. The monoisotopic (exact) mass is 434 g/mol. The molecule has 1 atom stereocenters. The third-order valence-corrected chi connectivity index (χ3v) is 6.42. The van der Waals surface area contributed by atoms with E-state index in [-0.39, 0.29) is 16.6 Å². The standard InChI is InChI=1S/C21H26N2O6S/c1-23-10-17(20-19(21(23)24)22-9-14(29-20)12-27-2)16-8-15(30(3,25)26)6-7-18(16)28-11-13-4-5-13/h6-8,10,13-14,22H,4-5,9,11-12H2,1-3H3. The number of benzene rings is 1. The predicted molar refractivity (Wildman–Crippen MR) is 113 cm³/mol. The minimum absolute atomic E-state index is 0.177. The molecule has 0 spiro atoms. The van der Waals surface area contributed by atoms with Crippen molar-refractivity contribution in [3.8, 4) is 22.6 Å². The Labute approximate surface area is 175 Å². The van der Waals surface area contributed by atoms with Crippen LogP contribution in [-0.2, 0) is 21.6 Å². The Kier molecular flexibility index (Phi) is 5.50. The number of nitrogens with one attached hydrogen (secondary N) is 1. The van der Waals surface area contributed by atoms with E-state index in [1.165, 1.54) is 10.8 Å². The van der Waals surface area contributed by atoms with Crippen molar-refractivity contribution in [2.45, 2.75) is 23.8 Å². The van der Waals surface area contributed by atoms with Crippen LogP contribution in [0.4, 0.5) is 5.69 Å². The van der Waals surface area contributed by atoms with Crippen molar-refractivity contribution in [1.29, 1.82) is 0 Å². The lowest BCUT2D eigenvalue weighted by Gasteiger charge is -2.29. The molecule has 2 heterocycles. The summed E-state index contributed by atoms with van der Waals surface area (Å²) >= 11 is 0. The first-order valence-electron chi connectivity index (χ1n) is 9.88. The van der Waals surface area contributed by atoms with Gasteiger partial charge in [0.15, 0.2) is 15.6 Å². The summed E-state index contributed by atoms with van der Waals surface area (Å²) < 4.78 is 43.2. The molecular weight excluding hydrogens is 408 g/mol. The van der Waals surface area contributed by atoms with Gasteiger partial charge in [0.05, 0.1) is 24.7 Å². The summed E-state index contributed by atoms with van der Waals surface area (Å²) in [6, 6.07) is 4.80. The maximum Gasteiger partial charge on any atom is 0.277 e. The van der Waals surface area contributed by atoms with Gasteiger partial charge in [0.25, 0.3) is 5.56 Å². The minimum atomic E-state index is -3.43. The van der Waals surface area contributed by atoms with Crippen LogP contribution in [0.15, 0.2) is 34.1 Å². The molecule has 30 heavy (non-hydrogen) atoms. The van der Waals surface area contributed by atoms with Crippen molar-refractivity contribution in [3.05, 3.63) is 34.7 Å². The molecule has 8 nitrogen and oxygen atoms in total. The summed E-state index contributed by atoms with van der Waals surface area (Å²) in [6.07, 6.45) is 4.82. The molecule has 1 fully saturated rings. The van der Waals surface area contributed by atoms with Gasteiger partial charge in [-0.2, -0.15) is 0 Å². The number of methoxy groups -OCH3 is 1. The van der Waals surface area contributed by atoms with Crippen LogP contribution in [0.25, 0.3) is 11.1 Å². The zero-order valence-electron chi connectivity index (χ0n) is 17.3. The molecule has 9 heteroatoms. The summed E-state index contributed by atoms with van der Waals surface area (Å²) in [6.45, 7) is 1.37. The number of nitrogens with zero attached hydrogens (tertiary/aromatic N) is 1. The first-order chi connectivity index (χ1) is 14.3. The molecule has 1 aliphatic carbocycles. The molecule has 1 N–H and O–H groups in total. The summed E-state index contributed by atoms with van der Waals surface area (Å²) in [5.41, 5.74) is 1.30. The number of hydrogen-bond donors (Lipinski definition) is 1. The first-order valence-corrected chi connectivity index (χ1v) is 11.8. The fraction of sp³-hybridized carbons (Fsp3) is 0.476. The van der Waals surface area contributed by atoms with Gasteiger partial charge >= 0.3 is 0 Å². The van der Waals surface area contributed by atoms with Crippen LogP contribution in [0.2, 0.25) is 0 Å². The summed E-state index contributed by atoms with van der Waals surface area (Å²) in [7, 11) is -0.189. The third-order valence-electron chi connectivity index (χ3n) is 5.31. The maximum absolute atomic E-state index is 12.7. The van der Waals surface area contributed by atoms with Gasteiger partial charge in [0.1, 0.15) is 17.5 Å². The van der Waals surface area contributed by atoms with E-state index in [0.29, 0.717) is 54.0 Å². The molecular formula is C21H26N2O6S. The number of rotatable bonds is 7. The molecule has 2 aromatic rings. The summed E-state index contributed by atoms with van der Waals surface area (Å²) in [4.78, 5) is 12.8. The van der Waals surface area contributed by atoms with Crippen molar-refractivity contribution in [1.82, 2.24) is 4.57 Å². The highest BCUT2D eigenvalue weighted by Crippen LogP contribution is 2.42. The second kappa shape index (κ2) is 7.96. The van der Waals surface area contributed by atoms with Crippen LogP contribution in [0.3, 0.4) is 0 Å². The molecule has 0 radical (unpaired) electrons. The third kappa shape index (κ3) is 4.17. The molecule has 2 aliphatic rings. The Morgan fingerprint density at radius 3 is 2.67 bits per heavy atom. The van der Waals surface area contributed by atoms with Crippen molar-refractivity contribution >= 4 is 15.5 Å². The van der Waals surface area contributed by atoms with E-state index >= 15 is 0 Å². The molecule has 1 aliphatic heterocycles. The predicted octanol–water partition coefficient (Wildman–Crippen LogP) is 2.06. The van der Waals surface area contributed by atoms with Gasteiger partial charge in [0.2, 0.25) is 0 Å². The van der Waals surface area contributed by atoms with Crippen molar-refractivity contribution < 1.29 is 22.6 Å². The van der Waals surface area contributed by atoms with Gasteiger partial charge in [-0.05, 0) is 37.0 Å².